The molecule has 1 unspecified atom stereocenters. The molecule has 0 aliphatic rings. The molecule has 0 aliphatic carbocycles. The predicted molar refractivity (Wildman–Crippen MR) is 74.6 cm³/mol. The standard InChI is InChI=1S/C16H21NO/c1-3-10-17-16(12-14-8-6-11-18-14)15-9-5-4-7-13(15)2/h4-9,11,16-17H,3,10,12H2,1-2H3. The maximum Gasteiger partial charge on any atom is 0.105 e. The minimum Gasteiger partial charge on any atom is -0.469 e. The summed E-state index contributed by atoms with van der Waals surface area (Å²) in [6.45, 7) is 5.38. The van der Waals surface area contributed by atoms with Crippen LogP contribution in [0.4, 0.5) is 0 Å². The molecule has 96 valence electrons. The minimum absolute atomic E-state index is 0.331. The maximum atomic E-state index is 5.47. The van der Waals surface area contributed by atoms with Gasteiger partial charge in [0, 0.05) is 12.5 Å². The zero-order valence-electron chi connectivity index (χ0n) is 11.1. The molecule has 0 spiro atoms. The molecule has 1 aromatic carbocycles. The molecule has 2 heteroatoms. The largest absolute Gasteiger partial charge is 0.469 e. The van der Waals surface area contributed by atoms with E-state index in [1.165, 1.54) is 11.1 Å². The Morgan fingerprint density at radius 2 is 2.00 bits per heavy atom. The van der Waals surface area contributed by atoms with Crippen LogP contribution in [0.15, 0.2) is 47.1 Å². The van der Waals surface area contributed by atoms with E-state index >= 15 is 0 Å². The van der Waals surface area contributed by atoms with Gasteiger partial charge in [-0.1, -0.05) is 31.2 Å². The van der Waals surface area contributed by atoms with E-state index in [0.29, 0.717) is 6.04 Å². The van der Waals surface area contributed by atoms with Crippen molar-refractivity contribution in [2.45, 2.75) is 32.7 Å². The van der Waals surface area contributed by atoms with E-state index in [1.807, 2.05) is 12.1 Å². The molecule has 0 amide bonds. The molecule has 0 saturated heterocycles. The third-order valence-electron chi connectivity index (χ3n) is 3.19. The van der Waals surface area contributed by atoms with Crippen molar-refractivity contribution in [3.63, 3.8) is 0 Å². The van der Waals surface area contributed by atoms with Crippen LogP contribution in [-0.2, 0) is 6.42 Å². The highest BCUT2D eigenvalue weighted by Gasteiger charge is 2.14. The average Bonchev–Trinajstić information content (AvgIpc) is 2.88. The molecule has 0 fully saturated rings. The highest BCUT2D eigenvalue weighted by atomic mass is 16.3. The normalized spacial score (nSPS) is 12.6. The molecule has 0 radical (unpaired) electrons. The Labute approximate surface area is 109 Å². The highest BCUT2D eigenvalue weighted by molar-refractivity contribution is 5.29. The molecule has 1 N–H and O–H groups in total. The summed E-state index contributed by atoms with van der Waals surface area (Å²) < 4.78 is 5.47. The first-order chi connectivity index (χ1) is 8.81. The van der Waals surface area contributed by atoms with Gasteiger partial charge in [-0.15, -0.1) is 0 Å². The van der Waals surface area contributed by atoms with Gasteiger partial charge in [0.25, 0.3) is 0 Å². The van der Waals surface area contributed by atoms with Crippen LogP contribution in [0.25, 0.3) is 0 Å². The SMILES string of the molecule is CCCNC(Cc1ccco1)c1ccccc1C. The summed E-state index contributed by atoms with van der Waals surface area (Å²) >= 11 is 0. The monoisotopic (exact) mass is 243 g/mol. The average molecular weight is 243 g/mol. The van der Waals surface area contributed by atoms with Crippen LogP contribution in [0.1, 0.15) is 36.3 Å². The Morgan fingerprint density at radius 3 is 2.67 bits per heavy atom. The first kappa shape index (κ1) is 12.9. The van der Waals surface area contributed by atoms with Crippen molar-refractivity contribution in [1.29, 1.82) is 0 Å². The number of benzene rings is 1. The molecule has 0 saturated carbocycles. The van der Waals surface area contributed by atoms with Crippen LogP contribution in [0, 0.1) is 6.92 Å². The van der Waals surface area contributed by atoms with Crippen molar-refractivity contribution in [3.05, 3.63) is 59.5 Å². The maximum absolute atomic E-state index is 5.47. The molecule has 0 bridgehead atoms. The lowest BCUT2D eigenvalue weighted by Gasteiger charge is -2.20. The summed E-state index contributed by atoms with van der Waals surface area (Å²) in [6.07, 6.45) is 3.78. The molecule has 18 heavy (non-hydrogen) atoms. The molecule has 2 rings (SSSR count). The first-order valence-corrected chi connectivity index (χ1v) is 6.62. The second kappa shape index (κ2) is 6.41. The lowest BCUT2D eigenvalue weighted by atomic mass is 9.98. The third-order valence-corrected chi connectivity index (χ3v) is 3.19. The van der Waals surface area contributed by atoms with E-state index in [4.69, 9.17) is 4.42 Å². The van der Waals surface area contributed by atoms with Gasteiger partial charge in [-0.2, -0.15) is 0 Å². The number of nitrogens with one attached hydrogen (secondary N) is 1. The van der Waals surface area contributed by atoms with E-state index in [9.17, 15) is 0 Å². The van der Waals surface area contributed by atoms with Crippen molar-refractivity contribution in [3.8, 4) is 0 Å². The highest BCUT2D eigenvalue weighted by Crippen LogP contribution is 2.21. The topological polar surface area (TPSA) is 25.2 Å². The smallest absolute Gasteiger partial charge is 0.105 e. The van der Waals surface area contributed by atoms with Gasteiger partial charge in [-0.3, -0.25) is 0 Å². The van der Waals surface area contributed by atoms with Crippen LogP contribution in [-0.4, -0.2) is 6.54 Å². The Hall–Kier alpha value is -1.54. The Morgan fingerprint density at radius 1 is 1.17 bits per heavy atom. The van der Waals surface area contributed by atoms with E-state index < -0.39 is 0 Å². The summed E-state index contributed by atoms with van der Waals surface area (Å²) in [4.78, 5) is 0. The van der Waals surface area contributed by atoms with Gasteiger partial charge in [0.2, 0.25) is 0 Å². The Kier molecular flexibility index (Phi) is 4.59. The Balaban J connectivity index is 2.16. The van der Waals surface area contributed by atoms with Gasteiger partial charge < -0.3 is 9.73 Å². The fourth-order valence-corrected chi connectivity index (χ4v) is 2.22. The Bertz CT molecular complexity index is 462. The van der Waals surface area contributed by atoms with Crippen molar-refractivity contribution in [2.24, 2.45) is 0 Å². The molecule has 1 heterocycles. The number of hydrogen-bond donors (Lipinski definition) is 1. The molecular weight excluding hydrogens is 222 g/mol. The van der Waals surface area contributed by atoms with Gasteiger partial charge in [0.05, 0.1) is 6.26 Å². The number of rotatable bonds is 6. The molecule has 2 nitrogen and oxygen atoms in total. The van der Waals surface area contributed by atoms with Gasteiger partial charge >= 0.3 is 0 Å². The fraction of sp³-hybridized carbons (Fsp3) is 0.375. The summed E-state index contributed by atoms with van der Waals surface area (Å²) in [6, 6.07) is 12.9. The van der Waals surface area contributed by atoms with Gasteiger partial charge in [0.1, 0.15) is 5.76 Å². The molecule has 1 aromatic heterocycles. The zero-order valence-corrected chi connectivity index (χ0v) is 11.1. The quantitative estimate of drug-likeness (QED) is 0.833. The minimum atomic E-state index is 0.331. The van der Waals surface area contributed by atoms with E-state index in [-0.39, 0.29) is 0 Å². The summed E-state index contributed by atoms with van der Waals surface area (Å²) in [5, 5.41) is 3.60. The van der Waals surface area contributed by atoms with Crippen LogP contribution < -0.4 is 5.32 Å². The van der Waals surface area contributed by atoms with Crippen molar-refractivity contribution in [1.82, 2.24) is 5.32 Å². The van der Waals surface area contributed by atoms with Crippen molar-refractivity contribution in [2.75, 3.05) is 6.54 Å². The number of hydrogen-bond acceptors (Lipinski definition) is 2. The molecular formula is C16H21NO. The van der Waals surface area contributed by atoms with Crippen LogP contribution in [0.2, 0.25) is 0 Å². The van der Waals surface area contributed by atoms with Gasteiger partial charge in [0.15, 0.2) is 0 Å². The number of aryl methyl sites for hydroxylation is 1. The lowest BCUT2D eigenvalue weighted by molar-refractivity contribution is 0.448. The molecule has 2 aromatic rings. The zero-order chi connectivity index (χ0) is 12.8. The summed E-state index contributed by atoms with van der Waals surface area (Å²) in [5.41, 5.74) is 2.69. The number of furan rings is 1. The van der Waals surface area contributed by atoms with Crippen molar-refractivity contribution >= 4 is 0 Å². The van der Waals surface area contributed by atoms with E-state index in [2.05, 4.69) is 43.4 Å². The van der Waals surface area contributed by atoms with Gasteiger partial charge in [-0.25, -0.2) is 0 Å². The molecule has 0 aliphatic heterocycles. The van der Waals surface area contributed by atoms with E-state index in [0.717, 1.165) is 25.1 Å². The fourth-order valence-electron chi connectivity index (χ4n) is 2.22. The lowest BCUT2D eigenvalue weighted by Crippen LogP contribution is -2.24. The molecule has 1 atom stereocenters. The van der Waals surface area contributed by atoms with E-state index in [1.54, 1.807) is 6.26 Å². The van der Waals surface area contributed by atoms with Crippen LogP contribution in [0.5, 0.6) is 0 Å². The van der Waals surface area contributed by atoms with Crippen molar-refractivity contribution < 1.29 is 4.42 Å². The van der Waals surface area contributed by atoms with Crippen LogP contribution >= 0.6 is 0 Å². The van der Waals surface area contributed by atoms with Gasteiger partial charge in [-0.05, 0) is 43.1 Å². The summed E-state index contributed by atoms with van der Waals surface area (Å²) in [7, 11) is 0. The predicted octanol–water partition coefficient (Wildman–Crippen LogP) is 3.87. The first-order valence-electron chi connectivity index (χ1n) is 6.62. The third kappa shape index (κ3) is 3.23. The second-order valence-corrected chi connectivity index (χ2v) is 4.65. The van der Waals surface area contributed by atoms with Crippen LogP contribution in [0.3, 0.4) is 0 Å². The second-order valence-electron chi connectivity index (χ2n) is 4.65. The summed E-state index contributed by atoms with van der Waals surface area (Å²) in [5.74, 6) is 1.03.